The van der Waals surface area contributed by atoms with E-state index in [0.717, 1.165) is 34.0 Å². The van der Waals surface area contributed by atoms with Crippen molar-refractivity contribution in [2.45, 2.75) is 37.9 Å². The molecule has 0 aliphatic heterocycles. The van der Waals surface area contributed by atoms with Crippen molar-refractivity contribution in [3.05, 3.63) is 40.1 Å². The van der Waals surface area contributed by atoms with Crippen LogP contribution in [-0.4, -0.2) is 33.6 Å². The molecule has 0 bridgehead atoms. The monoisotopic (exact) mass is 458 g/mol. The summed E-state index contributed by atoms with van der Waals surface area (Å²) in [5.74, 6) is 1.04. The number of nitrogens with zero attached hydrogens (tertiary/aromatic N) is 2. The lowest BCUT2D eigenvalue weighted by Gasteiger charge is -2.12. The predicted octanol–water partition coefficient (Wildman–Crippen LogP) is 4.98. The molecule has 0 unspecified atom stereocenters. The number of nitrogens with one attached hydrogen (secondary N) is 2. The number of amides is 1. The smallest absolute Gasteiger partial charge is 0.422 e. The fraction of sp³-hybridized carbons (Fsp3) is 0.421. The summed E-state index contributed by atoms with van der Waals surface area (Å²) in [5, 5.41) is 3.59. The number of carbonyl (C=O) groups excluding carboxylic acids is 1. The van der Waals surface area contributed by atoms with Gasteiger partial charge in [0, 0.05) is 23.4 Å². The first kappa shape index (κ1) is 20.9. The van der Waals surface area contributed by atoms with E-state index in [-0.39, 0.29) is 28.8 Å². The molecule has 3 atom stereocenters. The van der Waals surface area contributed by atoms with Crippen LogP contribution in [0.5, 0.6) is 5.06 Å². The second-order valence-electron chi connectivity index (χ2n) is 7.30. The minimum atomic E-state index is -4.38. The Morgan fingerprint density at radius 1 is 1.47 bits per heavy atom. The molecule has 6 nitrogen and oxygen atoms in total. The van der Waals surface area contributed by atoms with Gasteiger partial charge in [0.1, 0.15) is 5.82 Å². The number of fused-ring (bicyclic) bond motifs is 1. The summed E-state index contributed by atoms with van der Waals surface area (Å²) in [7, 11) is 0. The van der Waals surface area contributed by atoms with Crippen molar-refractivity contribution in [2.24, 2.45) is 5.92 Å². The van der Waals surface area contributed by atoms with Gasteiger partial charge in [-0.1, -0.05) is 11.6 Å². The van der Waals surface area contributed by atoms with Crippen molar-refractivity contribution in [3.8, 4) is 5.06 Å². The number of rotatable bonds is 7. The topological polar surface area (TPSA) is 79.9 Å². The Morgan fingerprint density at radius 3 is 3.03 bits per heavy atom. The van der Waals surface area contributed by atoms with E-state index >= 15 is 0 Å². The fourth-order valence-electron chi connectivity index (χ4n) is 3.28. The van der Waals surface area contributed by atoms with Gasteiger partial charge in [0.2, 0.25) is 5.91 Å². The number of ether oxygens (including phenoxy) is 1. The Balaban J connectivity index is 1.28. The third-order valence-electron chi connectivity index (χ3n) is 4.83. The standard InChI is InChI=1S/C19H18ClF3N4O2S/c1-9(14-2-3-16(30-14)29-8-19(21,22)23)25-15(28)5-10-4-12(10)17-26-13-6-11(20)7-24-18(13)27-17/h2-3,6-7,9-10,12H,4-5,8H2,1H3,(H,25,28)(H,24,26,27)/t9-,10-,12-/m1/s1. The molecule has 1 aliphatic carbocycles. The summed E-state index contributed by atoms with van der Waals surface area (Å²) in [6, 6.07) is 4.58. The summed E-state index contributed by atoms with van der Waals surface area (Å²) >= 11 is 7.03. The molecule has 2 N–H and O–H groups in total. The van der Waals surface area contributed by atoms with Crippen LogP contribution in [0.4, 0.5) is 13.2 Å². The van der Waals surface area contributed by atoms with Crippen LogP contribution in [-0.2, 0) is 4.79 Å². The lowest BCUT2D eigenvalue weighted by molar-refractivity contribution is -0.152. The fourth-order valence-corrected chi connectivity index (χ4v) is 4.30. The van der Waals surface area contributed by atoms with Crippen LogP contribution in [0.2, 0.25) is 5.02 Å². The van der Waals surface area contributed by atoms with Gasteiger partial charge < -0.3 is 15.0 Å². The Bertz CT molecular complexity index is 1070. The van der Waals surface area contributed by atoms with Crippen LogP contribution in [0.15, 0.2) is 24.4 Å². The first-order chi connectivity index (χ1) is 14.2. The lowest BCUT2D eigenvalue weighted by Crippen LogP contribution is -2.26. The van der Waals surface area contributed by atoms with Crippen LogP contribution in [0.25, 0.3) is 11.2 Å². The normalized spacial score (nSPS) is 19.6. The molecule has 1 aliphatic rings. The summed E-state index contributed by atoms with van der Waals surface area (Å²) in [4.78, 5) is 25.0. The molecule has 30 heavy (non-hydrogen) atoms. The molecule has 0 saturated heterocycles. The van der Waals surface area contributed by atoms with E-state index in [9.17, 15) is 18.0 Å². The molecule has 1 amide bonds. The molecular weight excluding hydrogens is 441 g/mol. The summed E-state index contributed by atoms with van der Waals surface area (Å²) < 4.78 is 41.5. The number of aromatic nitrogens is 3. The zero-order valence-corrected chi connectivity index (χ0v) is 17.4. The third-order valence-corrected chi connectivity index (χ3v) is 6.22. The average molecular weight is 459 g/mol. The van der Waals surface area contributed by atoms with Gasteiger partial charge in [0.25, 0.3) is 0 Å². The molecule has 11 heteroatoms. The van der Waals surface area contributed by atoms with Crippen LogP contribution in [0, 0.1) is 5.92 Å². The van der Waals surface area contributed by atoms with Gasteiger partial charge in [-0.05, 0) is 37.5 Å². The van der Waals surface area contributed by atoms with Gasteiger partial charge >= 0.3 is 6.18 Å². The summed E-state index contributed by atoms with van der Waals surface area (Å²) in [6.45, 7) is 0.455. The highest BCUT2D eigenvalue weighted by atomic mass is 35.5. The number of halogens is 4. The van der Waals surface area contributed by atoms with Crippen LogP contribution in [0.1, 0.15) is 42.4 Å². The first-order valence-corrected chi connectivity index (χ1v) is 10.5. The lowest BCUT2D eigenvalue weighted by atomic mass is 10.2. The van der Waals surface area contributed by atoms with Gasteiger partial charge in [0.05, 0.1) is 16.6 Å². The van der Waals surface area contributed by atoms with Crippen LogP contribution < -0.4 is 10.1 Å². The van der Waals surface area contributed by atoms with E-state index in [1.165, 1.54) is 12.3 Å². The van der Waals surface area contributed by atoms with Crippen molar-refractivity contribution in [3.63, 3.8) is 0 Å². The number of thiophene rings is 1. The number of hydrogen-bond acceptors (Lipinski definition) is 5. The Kier molecular flexibility index (Phi) is 5.63. The van der Waals surface area contributed by atoms with Gasteiger partial charge in [0.15, 0.2) is 17.3 Å². The van der Waals surface area contributed by atoms with Gasteiger partial charge in [-0.2, -0.15) is 13.2 Å². The number of H-pyrrole nitrogens is 1. The van der Waals surface area contributed by atoms with E-state index in [1.807, 2.05) is 0 Å². The molecule has 3 heterocycles. The average Bonchev–Trinajstić information content (AvgIpc) is 3.08. The maximum atomic E-state index is 12.4. The quantitative estimate of drug-likeness (QED) is 0.523. The number of pyridine rings is 1. The van der Waals surface area contributed by atoms with Crippen molar-refractivity contribution < 1.29 is 22.7 Å². The molecule has 0 radical (unpaired) electrons. The predicted molar refractivity (Wildman–Crippen MR) is 107 cm³/mol. The van der Waals surface area contributed by atoms with Gasteiger partial charge in [-0.3, -0.25) is 4.79 Å². The van der Waals surface area contributed by atoms with E-state index in [0.29, 0.717) is 17.1 Å². The highest BCUT2D eigenvalue weighted by molar-refractivity contribution is 7.13. The Morgan fingerprint density at radius 2 is 2.27 bits per heavy atom. The van der Waals surface area contributed by atoms with Crippen LogP contribution in [0.3, 0.4) is 0 Å². The molecule has 0 spiro atoms. The van der Waals surface area contributed by atoms with E-state index in [2.05, 4.69) is 20.3 Å². The van der Waals surface area contributed by atoms with Crippen LogP contribution >= 0.6 is 22.9 Å². The molecule has 1 saturated carbocycles. The zero-order valence-electron chi connectivity index (χ0n) is 15.8. The van der Waals surface area contributed by atoms with E-state index in [1.54, 1.807) is 19.1 Å². The molecule has 1 fully saturated rings. The third kappa shape index (κ3) is 5.04. The SMILES string of the molecule is C[C@@H](NC(=O)C[C@H]1C[C@H]1c1nc2ncc(Cl)cc2[nH]1)c1ccc(OCC(F)(F)F)s1. The largest absolute Gasteiger partial charge is 0.475 e. The van der Waals surface area contributed by atoms with E-state index < -0.39 is 12.8 Å². The number of aromatic amines is 1. The second-order valence-corrected chi connectivity index (χ2v) is 8.82. The Labute approximate surface area is 178 Å². The minimum Gasteiger partial charge on any atom is -0.475 e. The van der Waals surface area contributed by atoms with Crippen molar-refractivity contribution in [1.82, 2.24) is 20.3 Å². The van der Waals surface area contributed by atoms with Crippen molar-refractivity contribution >= 4 is 40.0 Å². The number of imidazole rings is 1. The summed E-state index contributed by atoms with van der Waals surface area (Å²) in [6.07, 6.45) is -1.64. The molecule has 0 aromatic carbocycles. The number of alkyl halides is 3. The Hall–Kier alpha value is -2.33. The maximum Gasteiger partial charge on any atom is 0.422 e. The number of hydrogen-bond donors (Lipinski definition) is 2. The zero-order chi connectivity index (χ0) is 21.5. The van der Waals surface area contributed by atoms with Crippen molar-refractivity contribution in [2.75, 3.05) is 6.61 Å². The minimum absolute atomic E-state index is 0.113. The molecule has 3 aromatic rings. The first-order valence-electron chi connectivity index (χ1n) is 9.28. The molecule has 160 valence electrons. The van der Waals surface area contributed by atoms with Gasteiger partial charge in [-0.25, -0.2) is 9.97 Å². The molecule has 4 rings (SSSR count). The maximum absolute atomic E-state index is 12.4. The molecular formula is C19H18ClF3N4O2S. The van der Waals surface area contributed by atoms with Gasteiger partial charge in [-0.15, -0.1) is 11.3 Å². The highest BCUT2D eigenvalue weighted by Gasteiger charge is 2.42. The van der Waals surface area contributed by atoms with E-state index in [4.69, 9.17) is 16.3 Å². The summed E-state index contributed by atoms with van der Waals surface area (Å²) in [5.41, 5.74) is 1.36. The molecule has 3 aromatic heterocycles. The second kappa shape index (κ2) is 8.07. The number of carbonyl (C=O) groups is 1. The van der Waals surface area contributed by atoms with Crippen molar-refractivity contribution in [1.29, 1.82) is 0 Å². The highest BCUT2D eigenvalue weighted by Crippen LogP contribution is 2.48.